The average Bonchev–Trinajstić information content (AvgIpc) is 2.65. The van der Waals surface area contributed by atoms with Crippen LogP contribution in [0.25, 0.3) is 0 Å². The van der Waals surface area contributed by atoms with Crippen LogP contribution in [0.2, 0.25) is 0 Å². The first-order chi connectivity index (χ1) is 13.1. The molecule has 2 aromatic carbocycles. The zero-order valence-corrected chi connectivity index (χ0v) is 16.7. The Morgan fingerprint density at radius 1 is 0.893 bits per heavy atom. The molecule has 0 radical (unpaired) electrons. The molecule has 0 atom stereocenters. The van der Waals surface area contributed by atoms with Crippen LogP contribution in [0.4, 0.5) is 5.69 Å². The van der Waals surface area contributed by atoms with Gasteiger partial charge in [-0.1, -0.05) is 39.0 Å². The van der Waals surface area contributed by atoms with Crippen molar-refractivity contribution in [2.24, 2.45) is 0 Å². The third-order valence-electron chi connectivity index (χ3n) is 4.11. The molecular formula is C21H25N3O4. The molecule has 7 nitrogen and oxygen atoms in total. The number of hydrazine groups is 1. The Kier molecular flexibility index (Phi) is 6.41. The molecule has 3 amide bonds. The van der Waals surface area contributed by atoms with Crippen LogP contribution in [0, 0.1) is 6.92 Å². The van der Waals surface area contributed by atoms with Crippen molar-refractivity contribution in [3.63, 3.8) is 0 Å². The molecule has 7 heteroatoms. The second-order valence-electron chi connectivity index (χ2n) is 7.39. The topological polar surface area (TPSA) is 96.5 Å². The molecule has 0 heterocycles. The summed E-state index contributed by atoms with van der Waals surface area (Å²) in [5.41, 5.74) is 7.02. The van der Waals surface area contributed by atoms with Crippen LogP contribution in [-0.2, 0) is 15.0 Å². The van der Waals surface area contributed by atoms with E-state index in [1.54, 1.807) is 24.3 Å². The number of hydrogen-bond acceptors (Lipinski definition) is 4. The molecule has 148 valence electrons. The zero-order valence-electron chi connectivity index (χ0n) is 16.7. The predicted octanol–water partition coefficient (Wildman–Crippen LogP) is 2.70. The van der Waals surface area contributed by atoms with Crippen molar-refractivity contribution in [2.75, 3.05) is 12.4 Å². The fourth-order valence-electron chi connectivity index (χ4n) is 2.46. The highest BCUT2D eigenvalue weighted by molar-refractivity contribution is 6.39. The Bertz CT molecular complexity index is 884. The molecule has 2 aromatic rings. The normalized spacial score (nSPS) is 10.8. The molecular weight excluding hydrogens is 358 g/mol. The lowest BCUT2D eigenvalue weighted by atomic mass is 9.87. The molecule has 0 bridgehead atoms. The van der Waals surface area contributed by atoms with Crippen molar-refractivity contribution in [1.82, 2.24) is 10.9 Å². The largest absolute Gasteiger partial charge is 0.495 e. The first kappa shape index (κ1) is 21.0. The Morgan fingerprint density at radius 2 is 1.54 bits per heavy atom. The molecule has 0 aromatic heterocycles. The van der Waals surface area contributed by atoms with Gasteiger partial charge in [0.05, 0.1) is 12.8 Å². The number of carbonyl (C=O) groups excluding carboxylic acids is 3. The maximum absolute atomic E-state index is 12.2. The van der Waals surface area contributed by atoms with Gasteiger partial charge in [-0.05, 0) is 47.7 Å². The summed E-state index contributed by atoms with van der Waals surface area (Å²) in [6.07, 6.45) is 0. The van der Waals surface area contributed by atoms with Gasteiger partial charge in [-0.3, -0.25) is 25.2 Å². The molecule has 0 saturated carbocycles. The van der Waals surface area contributed by atoms with Gasteiger partial charge in [0, 0.05) is 5.56 Å². The van der Waals surface area contributed by atoms with E-state index in [2.05, 4.69) is 36.9 Å². The predicted molar refractivity (Wildman–Crippen MR) is 107 cm³/mol. The molecule has 28 heavy (non-hydrogen) atoms. The Morgan fingerprint density at radius 3 is 2.11 bits per heavy atom. The summed E-state index contributed by atoms with van der Waals surface area (Å²) >= 11 is 0. The lowest BCUT2D eigenvalue weighted by Gasteiger charge is -2.19. The van der Waals surface area contributed by atoms with Crippen molar-refractivity contribution in [3.8, 4) is 5.75 Å². The summed E-state index contributed by atoms with van der Waals surface area (Å²) in [5.74, 6) is -2.01. The van der Waals surface area contributed by atoms with Crippen molar-refractivity contribution in [1.29, 1.82) is 0 Å². The van der Waals surface area contributed by atoms with E-state index < -0.39 is 17.7 Å². The minimum Gasteiger partial charge on any atom is -0.495 e. The molecule has 3 N–H and O–H groups in total. The van der Waals surface area contributed by atoms with Crippen molar-refractivity contribution < 1.29 is 19.1 Å². The number of nitrogens with one attached hydrogen (secondary N) is 3. The van der Waals surface area contributed by atoms with Gasteiger partial charge >= 0.3 is 11.8 Å². The highest BCUT2D eigenvalue weighted by atomic mass is 16.5. The van der Waals surface area contributed by atoms with Gasteiger partial charge in [0.2, 0.25) is 0 Å². The number of ether oxygens (including phenoxy) is 1. The zero-order chi connectivity index (χ0) is 20.9. The second-order valence-corrected chi connectivity index (χ2v) is 7.39. The monoisotopic (exact) mass is 383 g/mol. The van der Waals surface area contributed by atoms with Gasteiger partial charge in [0.15, 0.2) is 0 Å². The molecule has 0 aliphatic rings. The van der Waals surface area contributed by atoms with Gasteiger partial charge in [0.25, 0.3) is 5.91 Å². The van der Waals surface area contributed by atoms with Crippen LogP contribution >= 0.6 is 0 Å². The highest BCUT2D eigenvalue weighted by Crippen LogP contribution is 2.25. The first-order valence-electron chi connectivity index (χ1n) is 8.78. The van der Waals surface area contributed by atoms with E-state index in [1.165, 1.54) is 7.11 Å². The van der Waals surface area contributed by atoms with E-state index in [9.17, 15) is 14.4 Å². The van der Waals surface area contributed by atoms with Crippen LogP contribution in [-0.4, -0.2) is 24.8 Å². The molecule has 0 aliphatic carbocycles. The van der Waals surface area contributed by atoms with E-state index >= 15 is 0 Å². The second kappa shape index (κ2) is 8.56. The lowest BCUT2D eigenvalue weighted by Crippen LogP contribution is -2.46. The number of hydrogen-bond donors (Lipinski definition) is 3. The molecule has 0 saturated heterocycles. The van der Waals surface area contributed by atoms with Crippen LogP contribution in [0.1, 0.15) is 42.3 Å². The SMILES string of the molecule is COc1ccc(C)cc1NC(=O)C(=O)NNC(=O)c1ccc(C(C)(C)C)cc1. The minimum absolute atomic E-state index is 0.0296. The first-order valence-corrected chi connectivity index (χ1v) is 8.78. The molecule has 0 fully saturated rings. The van der Waals surface area contributed by atoms with Crippen molar-refractivity contribution >= 4 is 23.4 Å². The van der Waals surface area contributed by atoms with E-state index in [1.807, 2.05) is 25.1 Å². The van der Waals surface area contributed by atoms with Gasteiger partial charge < -0.3 is 10.1 Å². The maximum atomic E-state index is 12.2. The summed E-state index contributed by atoms with van der Waals surface area (Å²) in [7, 11) is 1.46. The molecule has 0 aliphatic heterocycles. The molecule has 0 spiro atoms. The Hall–Kier alpha value is -3.35. The van der Waals surface area contributed by atoms with Gasteiger partial charge in [-0.15, -0.1) is 0 Å². The lowest BCUT2D eigenvalue weighted by molar-refractivity contribution is -0.136. The van der Waals surface area contributed by atoms with Crippen LogP contribution in [0.5, 0.6) is 5.75 Å². The van der Waals surface area contributed by atoms with E-state index in [0.717, 1.165) is 11.1 Å². The summed E-state index contributed by atoms with van der Waals surface area (Å²) in [4.78, 5) is 36.2. The average molecular weight is 383 g/mol. The van der Waals surface area contributed by atoms with Crippen molar-refractivity contribution in [2.45, 2.75) is 33.1 Å². The number of benzene rings is 2. The smallest absolute Gasteiger partial charge is 0.328 e. The summed E-state index contributed by atoms with van der Waals surface area (Å²) in [6.45, 7) is 8.07. The van der Waals surface area contributed by atoms with E-state index in [4.69, 9.17) is 4.74 Å². The third kappa shape index (κ3) is 5.33. The Balaban J connectivity index is 1.95. The maximum Gasteiger partial charge on any atom is 0.328 e. The number of aryl methyl sites for hydroxylation is 1. The van der Waals surface area contributed by atoms with E-state index in [0.29, 0.717) is 17.0 Å². The van der Waals surface area contributed by atoms with Crippen molar-refractivity contribution in [3.05, 3.63) is 59.2 Å². The third-order valence-corrected chi connectivity index (χ3v) is 4.11. The highest BCUT2D eigenvalue weighted by Gasteiger charge is 2.18. The quantitative estimate of drug-likeness (QED) is 0.561. The van der Waals surface area contributed by atoms with Gasteiger partial charge in [-0.25, -0.2) is 0 Å². The number of rotatable bonds is 3. The van der Waals surface area contributed by atoms with Gasteiger partial charge in [0.1, 0.15) is 5.75 Å². The number of carbonyl (C=O) groups is 3. The number of amides is 3. The minimum atomic E-state index is -0.997. The van der Waals surface area contributed by atoms with Crippen LogP contribution < -0.4 is 20.9 Å². The summed E-state index contributed by atoms with van der Waals surface area (Å²) < 4.78 is 5.15. The molecule has 2 rings (SSSR count). The standard InChI is InChI=1S/C21H25N3O4/c1-13-6-11-17(28-5)16(12-13)22-19(26)20(27)24-23-18(25)14-7-9-15(10-8-14)21(2,3)4/h6-12H,1-5H3,(H,22,26)(H,23,25)(H,24,27). The van der Waals surface area contributed by atoms with Gasteiger partial charge in [-0.2, -0.15) is 0 Å². The fourth-order valence-corrected chi connectivity index (χ4v) is 2.46. The number of anilines is 1. The summed E-state index contributed by atoms with van der Waals surface area (Å²) in [5, 5.41) is 2.46. The van der Waals surface area contributed by atoms with E-state index in [-0.39, 0.29) is 5.41 Å². The summed E-state index contributed by atoms with van der Waals surface area (Å²) in [6, 6.07) is 12.2. The number of methoxy groups -OCH3 is 1. The van der Waals surface area contributed by atoms with Crippen LogP contribution in [0.15, 0.2) is 42.5 Å². The molecule has 0 unspecified atom stereocenters. The fraction of sp³-hybridized carbons (Fsp3) is 0.286. The van der Waals surface area contributed by atoms with Crippen LogP contribution in [0.3, 0.4) is 0 Å². The Labute approximate surface area is 164 Å².